The number of rotatable bonds is 3. The minimum absolute atomic E-state index is 0.163. The van der Waals surface area contributed by atoms with Crippen LogP contribution in [0, 0.1) is 11.6 Å². The highest BCUT2D eigenvalue weighted by atomic mass is 32.1. The van der Waals surface area contributed by atoms with E-state index < -0.39 is 11.6 Å². The minimum atomic E-state index is -0.663. The Bertz CT molecular complexity index is 419. The van der Waals surface area contributed by atoms with E-state index in [9.17, 15) is 8.78 Å². The van der Waals surface area contributed by atoms with Crippen molar-refractivity contribution in [2.24, 2.45) is 0 Å². The maximum Gasteiger partial charge on any atom is 0.171 e. The molecule has 0 saturated carbocycles. The maximum atomic E-state index is 13.3. The Kier molecular flexibility index (Phi) is 4.40. The van der Waals surface area contributed by atoms with Crippen LogP contribution < -0.4 is 10.6 Å². The van der Waals surface area contributed by atoms with Gasteiger partial charge in [-0.3, -0.25) is 0 Å². The second-order valence-electron chi connectivity index (χ2n) is 4.44. The van der Waals surface area contributed by atoms with E-state index in [1.165, 1.54) is 12.1 Å². The molecule has 0 unspecified atom stereocenters. The van der Waals surface area contributed by atoms with E-state index >= 15 is 0 Å². The molecule has 17 heavy (non-hydrogen) atoms. The second kappa shape index (κ2) is 5.40. The summed E-state index contributed by atoms with van der Waals surface area (Å²) in [5.74, 6) is -1.27. The lowest BCUT2D eigenvalue weighted by molar-refractivity contribution is 0.447. The lowest BCUT2D eigenvalue weighted by Crippen LogP contribution is -2.44. The molecular formula is C12H16F2N2S. The molecule has 0 aliphatic heterocycles. The Morgan fingerprint density at radius 3 is 2.53 bits per heavy atom. The summed E-state index contributed by atoms with van der Waals surface area (Å²) in [6.45, 7) is 6.00. The van der Waals surface area contributed by atoms with Gasteiger partial charge in [0.2, 0.25) is 0 Å². The molecule has 0 fully saturated rings. The van der Waals surface area contributed by atoms with Crippen molar-refractivity contribution in [1.29, 1.82) is 0 Å². The van der Waals surface area contributed by atoms with Crippen LogP contribution in [0.3, 0.4) is 0 Å². The van der Waals surface area contributed by atoms with E-state index in [0.29, 0.717) is 5.11 Å². The van der Waals surface area contributed by atoms with Crippen LogP contribution in [-0.2, 0) is 0 Å². The third-order valence-corrected chi connectivity index (χ3v) is 2.72. The molecule has 0 amide bonds. The van der Waals surface area contributed by atoms with E-state index in [0.717, 1.165) is 12.5 Å². The van der Waals surface area contributed by atoms with Gasteiger partial charge in [-0.25, -0.2) is 8.78 Å². The largest absolute Gasteiger partial charge is 0.358 e. The molecule has 0 saturated heterocycles. The molecule has 0 aromatic heterocycles. The summed E-state index contributed by atoms with van der Waals surface area (Å²) in [4.78, 5) is 0. The molecule has 5 heteroatoms. The first kappa shape index (κ1) is 13.8. The Morgan fingerprint density at radius 2 is 2.00 bits per heavy atom. The van der Waals surface area contributed by atoms with Crippen molar-refractivity contribution in [2.45, 2.75) is 32.7 Å². The molecule has 0 radical (unpaired) electrons. The normalized spacial score (nSPS) is 11.1. The van der Waals surface area contributed by atoms with Crippen LogP contribution in [0.4, 0.5) is 14.5 Å². The zero-order valence-corrected chi connectivity index (χ0v) is 10.9. The molecule has 0 bridgehead atoms. The number of hydrogen-bond donors (Lipinski definition) is 2. The number of anilines is 1. The molecule has 1 rings (SSSR count). The topological polar surface area (TPSA) is 24.1 Å². The molecule has 1 aromatic carbocycles. The lowest BCUT2D eigenvalue weighted by atomic mass is 10.0. The Hall–Kier alpha value is -1.23. The van der Waals surface area contributed by atoms with Gasteiger partial charge in [0.25, 0.3) is 0 Å². The number of halogens is 2. The van der Waals surface area contributed by atoms with Crippen LogP contribution >= 0.6 is 12.2 Å². The van der Waals surface area contributed by atoms with Crippen molar-refractivity contribution in [1.82, 2.24) is 5.32 Å². The van der Waals surface area contributed by atoms with E-state index in [4.69, 9.17) is 12.2 Å². The van der Waals surface area contributed by atoms with Crippen LogP contribution in [0.1, 0.15) is 27.2 Å². The predicted molar refractivity (Wildman–Crippen MR) is 70.1 cm³/mol. The Balaban J connectivity index is 2.69. The zero-order chi connectivity index (χ0) is 13.1. The van der Waals surface area contributed by atoms with Crippen LogP contribution in [0.15, 0.2) is 18.2 Å². The number of nitrogens with one attached hydrogen (secondary N) is 2. The van der Waals surface area contributed by atoms with Crippen molar-refractivity contribution in [2.75, 3.05) is 5.32 Å². The van der Waals surface area contributed by atoms with Gasteiger partial charge in [-0.15, -0.1) is 0 Å². The van der Waals surface area contributed by atoms with Gasteiger partial charge in [0, 0.05) is 11.6 Å². The minimum Gasteiger partial charge on any atom is -0.358 e. The van der Waals surface area contributed by atoms with Crippen molar-refractivity contribution in [3.8, 4) is 0 Å². The van der Waals surface area contributed by atoms with Gasteiger partial charge >= 0.3 is 0 Å². The average molecular weight is 258 g/mol. The van der Waals surface area contributed by atoms with Crippen molar-refractivity contribution in [3.05, 3.63) is 29.8 Å². The second-order valence-corrected chi connectivity index (χ2v) is 4.85. The van der Waals surface area contributed by atoms with E-state index in [1.54, 1.807) is 0 Å². The summed E-state index contributed by atoms with van der Waals surface area (Å²) in [5, 5.41) is 6.08. The van der Waals surface area contributed by atoms with Gasteiger partial charge in [0.05, 0.1) is 5.69 Å². The summed E-state index contributed by atoms with van der Waals surface area (Å²) in [5.41, 5.74) is -0.00330. The Labute approximate surface area is 105 Å². The molecule has 2 nitrogen and oxygen atoms in total. The summed E-state index contributed by atoms with van der Waals surface area (Å²) in [6, 6.07) is 3.31. The third-order valence-electron chi connectivity index (χ3n) is 2.52. The number of thiocarbonyl (C=S) groups is 1. The maximum absolute atomic E-state index is 13.3. The van der Waals surface area contributed by atoms with Crippen molar-refractivity contribution in [3.63, 3.8) is 0 Å². The quantitative estimate of drug-likeness (QED) is 0.812. The number of hydrogen-bond acceptors (Lipinski definition) is 1. The van der Waals surface area contributed by atoms with Crippen molar-refractivity contribution < 1.29 is 8.78 Å². The molecule has 0 aliphatic rings. The molecular weight excluding hydrogens is 242 g/mol. The lowest BCUT2D eigenvalue weighted by Gasteiger charge is -2.26. The van der Waals surface area contributed by atoms with Crippen LogP contribution in [0.5, 0.6) is 0 Å². The fourth-order valence-corrected chi connectivity index (χ4v) is 1.53. The third kappa shape index (κ3) is 4.26. The van der Waals surface area contributed by atoms with Gasteiger partial charge in [-0.05, 0) is 44.6 Å². The molecule has 0 atom stereocenters. The molecule has 2 N–H and O–H groups in total. The van der Waals surface area contributed by atoms with Crippen LogP contribution in [0.25, 0.3) is 0 Å². The molecule has 0 heterocycles. The Morgan fingerprint density at radius 1 is 1.35 bits per heavy atom. The molecule has 1 aromatic rings. The fourth-order valence-electron chi connectivity index (χ4n) is 1.14. The zero-order valence-electron chi connectivity index (χ0n) is 10.1. The van der Waals surface area contributed by atoms with E-state index in [1.807, 2.05) is 20.8 Å². The summed E-state index contributed by atoms with van der Waals surface area (Å²) in [7, 11) is 0. The standard InChI is InChI=1S/C12H16F2N2S/c1-4-12(2,3)16-11(17)15-10-6-5-8(13)7-9(10)14/h5-7H,4H2,1-3H3,(H2,15,16,17). The first-order valence-electron chi connectivity index (χ1n) is 5.38. The molecule has 0 spiro atoms. The van der Waals surface area contributed by atoms with Gasteiger partial charge < -0.3 is 10.6 Å². The van der Waals surface area contributed by atoms with Gasteiger partial charge in [-0.2, -0.15) is 0 Å². The SMILES string of the molecule is CCC(C)(C)NC(=S)Nc1ccc(F)cc1F. The van der Waals surface area contributed by atoms with Crippen molar-refractivity contribution >= 4 is 23.0 Å². The molecule has 0 aliphatic carbocycles. The first-order chi connectivity index (χ1) is 7.84. The fraction of sp³-hybridized carbons (Fsp3) is 0.417. The predicted octanol–water partition coefficient (Wildman–Crippen LogP) is 3.44. The smallest absolute Gasteiger partial charge is 0.171 e. The summed E-state index contributed by atoms with van der Waals surface area (Å²) < 4.78 is 26.0. The highest BCUT2D eigenvalue weighted by molar-refractivity contribution is 7.80. The average Bonchev–Trinajstić information content (AvgIpc) is 2.21. The first-order valence-corrected chi connectivity index (χ1v) is 5.79. The van der Waals surface area contributed by atoms with E-state index in [-0.39, 0.29) is 11.2 Å². The van der Waals surface area contributed by atoms with Crippen LogP contribution in [0.2, 0.25) is 0 Å². The monoisotopic (exact) mass is 258 g/mol. The van der Waals surface area contributed by atoms with Gasteiger partial charge in [0.15, 0.2) is 5.11 Å². The highest BCUT2D eigenvalue weighted by Gasteiger charge is 2.16. The van der Waals surface area contributed by atoms with Crippen LogP contribution in [-0.4, -0.2) is 10.7 Å². The van der Waals surface area contributed by atoms with E-state index in [2.05, 4.69) is 10.6 Å². The van der Waals surface area contributed by atoms with Gasteiger partial charge in [-0.1, -0.05) is 6.92 Å². The number of benzene rings is 1. The summed E-state index contributed by atoms with van der Waals surface area (Å²) >= 11 is 5.06. The summed E-state index contributed by atoms with van der Waals surface area (Å²) in [6.07, 6.45) is 0.876. The van der Waals surface area contributed by atoms with Gasteiger partial charge in [0.1, 0.15) is 11.6 Å². The molecule has 94 valence electrons. The highest BCUT2D eigenvalue weighted by Crippen LogP contribution is 2.15.